The van der Waals surface area contributed by atoms with E-state index < -0.39 is 5.91 Å². The van der Waals surface area contributed by atoms with E-state index in [0.717, 1.165) is 16.7 Å². The number of carbonyl (C=O) groups excluding carboxylic acids is 2. The van der Waals surface area contributed by atoms with Gasteiger partial charge in [-0.1, -0.05) is 42.0 Å². The fourth-order valence-corrected chi connectivity index (χ4v) is 3.02. The normalized spacial score (nSPS) is 10.8. The second kappa shape index (κ2) is 10.8. The van der Waals surface area contributed by atoms with E-state index in [1.54, 1.807) is 24.3 Å². The van der Waals surface area contributed by atoms with Gasteiger partial charge in [0.2, 0.25) is 0 Å². The molecule has 6 nitrogen and oxygen atoms in total. The lowest BCUT2D eigenvalue weighted by Crippen LogP contribution is -2.20. The zero-order chi connectivity index (χ0) is 23.8. The van der Waals surface area contributed by atoms with Gasteiger partial charge in [-0.3, -0.25) is 9.59 Å². The van der Waals surface area contributed by atoms with Gasteiger partial charge in [0.1, 0.15) is 17.4 Å². The Kier molecular flexibility index (Phi) is 7.61. The highest BCUT2D eigenvalue weighted by molar-refractivity contribution is 6.10. The summed E-state index contributed by atoms with van der Waals surface area (Å²) in [5.41, 5.74) is 5.08. The van der Waals surface area contributed by atoms with Gasteiger partial charge in [0.05, 0.1) is 0 Å². The van der Waals surface area contributed by atoms with Gasteiger partial charge in [-0.2, -0.15) is 5.26 Å². The Labute approximate surface area is 193 Å². The van der Waals surface area contributed by atoms with Crippen molar-refractivity contribution < 1.29 is 14.3 Å². The summed E-state index contributed by atoms with van der Waals surface area (Å²) in [6.45, 7) is 5.67. The maximum Gasteiger partial charge on any atom is 0.266 e. The van der Waals surface area contributed by atoms with E-state index in [4.69, 9.17) is 4.74 Å². The predicted octanol–water partition coefficient (Wildman–Crippen LogP) is 5.18. The van der Waals surface area contributed by atoms with Crippen LogP contribution >= 0.6 is 0 Å². The molecular formula is C27H25N3O3. The highest BCUT2D eigenvalue weighted by atomic mass is 16.5. The van der Waals surface area contributed by atoms with Crippen LogP contribution in [0.25, 0.3) is 6.08 Å². The first-order chi connectivity index (χ1) is 15.8. The number of rotatable bonds is 7. The van der Waals surface area contributed by atoms with Crippen molar-refractivity contribution >= 4 is 29.3 Å². The van der Waals surface area contributed by atoms with Crippen LogP contribution in [0.4, 0.5) is 11.4 Å². The number of nitrogens with one attached hydrogen (secondary N) is 2. The second-order valence-corrected chi connectivity index (χ2v) is 7.71. The molecule has 0 saturated heterocycles. The highest BCUT2D eigenvalue weighted by Gasteiger charge is 2.11. The van der Waals surface area contributed by atoms with Crippen molar-refractivity contribution in [2.45, 2.75) is 20.8 Å². The fourth-order valence-electron chi connectivity index (χ4n) is 3.02. The molecular weight excluding hydrogens is 414 g/mol. The highest BCUT2D eigenvalue weighted by Crippen LogP contribution is 2.19. The van der Waals surface area contributed by atoms with Crippen LogP contribution in [-0.2, 0) is 9.59 Å². The first-order valence-electron chi connectivity index (χ1n) is 10.4. The van der Waals surface area contributed by atoms with Crippen LogP contribution in [0.3, 0.4) is 0 Å². The van der Waals surface area contributed by atoms with Crippen molar-refractivity contribution in [3.05, 3.63) is 94.6 Å². The molecule has 0 bridgehead atoms. The number of anilines is 2. The summed E-state index contributed by atoms with van der Waals surface area (Å²) < 4.78 is 5.52. The maximum absolute atomic E-state index is 12.6. The standard InChI is InChI=1S/C27H25N3O3/c1-18-5-10-23(11-6-18)29-26(31)17-33-24-12-8-21(9-13-24)15-22(16-28)27(32)30-25-14-19(2)4-7-20(25)3/h4-15H,17H2,1-3H3,(H,29,31)(H,30,32)/b22-15+. The Hall–Kier alpha value is -4.37. The Morgan fingerprint density at radius 1 is 0.909 bits per heavy atom. The van der Waals surface area contributed by atoms with Gasteiger partial charge in [0, 0.05) is 11.4 Å². The largest absolute Gasteiger partial charge is 0.484 e. The number of ether oxygens (including phenoxy) is 1. The van der Waals surface area contributed by atoms with E-state index in [9.17, 15) is 14.9 Å². The lowest BCUT2D eigenvalue weighted by atomic mass is 10.1. The Bertz CT molecular complexity index is 1220. The Morgan fingerprint density at radius 3 is 2.24 bits per heavy atom. The number of benzene rings is 3. The summed E-state index contributed by atoms with van der Waals surface area (Å²) >= 11 is 0. The van der Waals surface area contributed by atoms with Gasteiger partial charge in [-0.05, 0) is 73.9 Å². The molecule has 0 atom stereocenters. The quantitative estimate of drug-likeness (QED) is 0.392. The van der Waals surface area contributed by atoms with Gasteiger partial charge in [-0.25, -0.2) is 0 Å². The molecule has 0 aliphatic rings. The Balaban J connectivity index is 1.59. The SMILES string of the molecule is Cc1ccc(NC(=O)COc2ccc(/C=C(\C#N)C(=O)Nc3cc(C)ccc3C)cc2)cc1. The summed E-state index contributed by atoms with van der Waals surface area (Å²) in [7, 11) is 0. The van der Waals surface area contributed by atoms with Crippen molar-refractivity contribution in [3.8, 4) is 11.8 Å². The molecule has 0 aromatic heterocycles. The summed E-state index contributed by atoms with van der Waals surface area (Å²) in [6, 6.07) is 22.0. The van der Waals surface area contributed by atoms with Crippen LogP contribution in [0.15, 0.2) is 72.3 Å². The van der Waals surface area contributed by atoms with Gasteiger partial charge in [0.25, 0.3) is 11.8 Å². The monoisotopic (exact) mass is 439 g/mol. The smallest absolute Gasteiger partial charge is 0.266 e. The van der Waals surface area contributed by atoms with E-state index in [1.165, 1.54) is 6.08 Å². The van der Waals surface area contributed by atoms with Crippen molar-refractivity contribution in [2.24, 2.45) is 0 Å². The van der Waals surface area contributed by atoms with Crippen LogP contribution in [0.2, 0.25) is 0 Å². The van der Waals surface area contributed by atoms with E-state index in [1.807, 2.05) is 69.3 Å². The second-order valence-electron chi connectivity index (χ2n) is 7.71. The van der Waals surface area contributed by atoms with E-state index in [0.29, 0.717) is 22.7 Å². The number of carbonyl (C=O) groups is 2. The third-order valence-electron chi connectivity index (χ3n) is 4.90. The molecule has 2 N–H and O–H groups in total. The number of nitriles is 1. The topological polar surface area (TPSA) is 91.2 Å². The number of hydrogen-bond acceptors (Lipinski definition) is 4. The molecule has 6 heteroatoms. The molecule has 3 aromatic carbocycles. The van der Waals surface area contributed by atoms with Gasteiger partial charge >= 0.3 is 0 Å². The summed E-state index contributed by atoms with van der Waals surface area (Å²) in [5, 5.41) is 15.0. The molecule has 3 rings (SSSR count). The molecule has 3 aromatic rings. The van der Waals surface area contributed by atoms with E-state index in [2.05, 4.69) is 10.6 Å². The van der Waals surface area contributed by atoms with Crippen LogP contribution in [0, 0.1) is 32.1 Å². The van der Waals surface area contributed by atoms with Crippen LogP contribution < -0.4 is 15.4 Å². The maximum atomic E-state index is 12.6. The number of hydrogen-bond donors (Lipinski definition) is 2. The molecule has 0 radical (unpaired) electrons. The molecule has 166 valence electrons. The molecule has 0 unspecified atom stereocenters. The van der Waals surface area contributed by atoms with Crippen molar-refractivity contribution in [2.75, 3.05) is 17.2 Å². The summed E-state index contributed by atoms with van der Waals surface area (Å²) in [4.78, 5) is 24.6. The molecule has 2 amide bonds. The van der Waals surface area contributed by atoms with Crippen LogP contribution in [-0.4, -0.2) is 18.4 Å². The van der Waals surface area contributed by atoms with Crippen molar-refractivity contribution in [1.29, 1.82) is 5.26 Å². The first-order valence-corrected chi connectivity index (χ1v) is 10.4. The van der Waals surface area contributed by atoms with E-state index in [-0.39, 0.29) is 18.1 Å². The predicted molar refractivity (Wildman–Crippen MR) is 130 cm³/mol. The van der Waals surface area contributed by atoms with Crippen LogP contribution in [0.1, 0.15) is 22.3 Å². The number of aryl methyl sites for hydroxylation is 3. The minimum atomic E-state index is -0.473. The minimum Gasteiger partial charge on any atom is -0.484 e. The third kappa shape index (κ3) is 6.81. The number of nitrogens with zero attached hydrogens (tertiary/aromatic N) is 1. The molecule has 0 saturated carbocycles. The zero-order valence-corrected chi connectivity index (χ0v) is 18.8. The third-order valence-corrected chi connectivity index (χ3v) is 4.90. The molecule has 0 aliphatic carbocycles. The zero-order valence-electron chi connectivity index (χ0n) is 18.8. The molecule has 0 heterocycles. The van der Waals surface area contributed by atoms with Gasteiger partial charge in [0.15, 0.2) is 6.61 Å². The first kappa shape index (κ1) is 23.3. The average molecular weight is 440 g/mol. The Morgan fingerprint density at radius 2 is 1.58 bits per heavy atom. The molecule has 0 fully saturated rings. The van der Waals surface area contributed by atoms with E-state index >= 15 is 0 Å². The molecule has 0 spiro atoms. The lowest BCUT2D eigenvalue weighted by Gasteiger charge is -2.09. The molecule has 33 heavy (non-hydrogen) atoms. The van der Waals surface area contributed by atoms with Crippen molar-refractivity contribution in [3.63, 3.8) is 0 Å². The average Bonchev–Trinajstić information content (AvgIpc) is 2.80. The fraction of sp³-hybridized carbons (Fsp3) is 0.148. The summed E-state index contributed by atoms with van der Waals surface area (Å²) in [6.07, 6.45) is 1.51. The number of amides is 2. The van der Waals surface area contributed by atoms with Gasteiger partial charge < -0.3 is 15.4 Å². The lowest BCUT2D eigenvalue weighted by molar-refractivity contribution is -0.118. The van der Waals surface area contributed by atoms with Crippen LogP contribution in [0.5, 0.6) is 5.75 Å². The summed E-state index contributed by atoms with van der Waals surface area (Å²) in [5.74, 6) is -0.235. The minimum absolute atomic E-state index is 0.0120. The molecule has 0 aliphatic heterocycles. The van der Waals surface area contributed by atoms with Crippen molar-refractivity contribution in [1.82, 2.24) is 0 Å². The van der Waals surface area contributed by atoms with Gasteiger partial charge in [-0.15, -0.1) is 0 Å².